The molecule has 1 nitrogen and oxygen atoms in total. The van der Waals surface area contributed by atoms with Crippen molar-refractivity contribution in [1.29, 1.82) is 0 Å². The molecule has 0 aliphatic heterocycles. The van der Waals surface area contributed by atoms with Gasteiger partial charge in [0.1, 0.15) is 0 Å². The molecule has 0 heterocycles. The third-order valence-electron chi connectivity index (χ3n) is 5.26. The molecule has 2 aromatic rings. The minimum Gasteiger partial charge on any atom is -1.00 e. The van der Waals surface area contributed by atoms with Gasteiger partial charge in [-0.25, -0.2) is 0 Å². The Hall–Kier alpha value is 0.397. The second-order valence-electron chi connectivity index (χ2n) is 8.48. The Labute approximate surface area is 208 Å². The predicted molar refractivity (Wildman–Crippen MR) is 120 cm³/mol. The minimum atomic E-state index is -1.45. The SMILES string of the molecule is CCc1c(O[Si](C)(C)C)cc[c-]1[SiH](C)C.Cc1c(C)c(C)[c-](C)c1C.[Cl-].[Cl-].[Zr+4]. The number of hydrogen-bond donors (Lipinski definition) is 0. The summed E-state index contributed by atoms with van der Waals surface area (Å²) in [6.45, 7) is 24.7. The smallest absolute Gasteiger partial charge is 1.00 e. The molecule has 6 heteroatoms. The molecular formula is C22H38Cl2OSi2Zr. The van der Waals surface area contributed by atoms with Crippen LogP contribution in [0.15, 0.2) is 12.1 Å². The van der Waals surface area contributed by atoms with Crippen LogP contribution < -0.4 is 34.4 Å². The minimum absolute atomic E-state index is 0. The van der Waals surface area contributed by atoms with Crippen LogP contribution in [0.3, 0.4) is 0 Å². The zero-order valence-electron chi connectivity index (χ0n) is 19.6. The Balaban J connectivity index is -0.000000427. The summed E-state index contributed by atoms with van der Waals surface area (Å²) in [6, 6.07) is 4.46. The fourth-order valence-corrected chi connectivity index (χ4v) is 5.64. The number of rotatable bonds is 4. The van der Waals surface area contributed by atoms with Crippen molar-refractivity contribution in [3.8, 4) is 5.75 Å². The van der Waals surface area contributed by atoms with Crippen molar-refractivity contribution in [3.05, 3.63) is 45.5 Å². The topological polar surface area (TPSA) is 9.23 Å². The first-order valence-corrected chi connectivity index (χ1v) is 15.9. The fourth-order valence-electron chi connectivity index (χ4n) is 3.26. The van der Waals surface area contributed by atoms with Gasteiger partial charge < -0.3 is 29.2 Å². The molecule has 2 rings (SSSR count). The van der Waals surface area contributed by atoms with Crippen LogP contribution in [0, 0.1) is 34.6 Å². The molecule has 158 valence electrons. The van der Waals surface area contributed by atoms with Crippen molar-refractivity contribution < 1.29 is 55.4 Å². The summed E-state index contributed by atoms with van der Waals surface area (Å²) in [5, 5.41) is 1.59. The molecular weight excluding hydrogens is 499 g/mol. The summed E-state index contributed by atoms with van der Waals surface area (Å²) < 4.78 is 6.12. The van der Waals surface area contributed by atoms with Gasteiger partial charge >= 0.3 is 26.2 Å². The Morgan fingerprint density at radius 3 is 1.64 bits per heavy atom. The molecule has 0 saturated heterocycles. The van der Waals surface area contributed by atoms with Crippen LogP contribution >= 0.6 is 0 Å². The van der Waals surface area contributed by atoms with E-state index in [1.807, 2.05) is 0 Å². The van der Waals surface area contributed by atoms with Crippen LogP contribution in [0.1, 0.15) is 40.3 Å². The largest absolute Gasteiger partial charge is 4.00 e. The normalized spacial score (nSPS) is 10.3. The molecule has 0 aliphatic carbocycles. The molecule has 28 heavy (non-hydrogen) atoms. The third kappa shape index (κ3) is 8.64. The van der Waals surface area contributed by atoms with Gasteiger partial charge in [-0.3, -0.25) is 0 Å². The van der Waals surface area contributed by atoms with E-state index >= 15 is 0 Å². The van der Waals surface area contributed by atoms with Gasteiger partial charge in [-0.2, -0.15) is 45.1 Å². The molecule has 0 N–H and O–H groups in total. The van der Waals surface area contributed by atoms with Crippen molar-refractivity contribution >= 4 is 22.3 Å². The summed E-state index contributed by atoms with van der Waals surface area (Å²) in [7, 11) is -2.15. The molecule has 0 radical (unpaired) electrons. The summed E-state index contributed by atoms with van der Waals surface area (Å²) in [5.74, 6) is 1.16. The molecule has 0 fully saturated rings. The quantitative estimate of drug-likeness (QED) is 0.390. The summed E-state index contributed by atoms with van der Waals surface area (Å²) in [6.07, 6.45) is 1.10. The number of halogens is 2. The van der Waals surface area contributed by atoms with Crippen LogP contribution in [-0.2, 0) is 32.6 Å². The molecule has 0 aromatic heterocycles. The first-order chi connectivity index (χ1) is 11.4. The van der Waals surface area contributed by atoms with Crippen molar-refractivity contribution in [2.75, 3.05) is 0 Å². The van der Waals surface area contributed by atoms with Crippen molar-refractivity contribution in [1.82, 2.24) is 0 Å². The van der Waals surface area contributed by atoms with Crippen molar-refractivity contribution in [3.63, 3.8) is 0 Å². The molecule has 2 aromatic carbocycles. The van der Waals surface area contributed by atoms with E-state index in [0.717, 1.165) is 12.2 Å². The fraction of sp³-hybridized carbons (Fsp3) is 0.545. The van der Waals surface area contributed by atoms with E-state index in [4.69, 9.17) is 4.43 Å². The number of hydrogen-bond acceptors (Lipinski definition) is 1. The average Bonchev–Trinajstić information content (AvgIpc) is 2.98. The van der Waals surface area contributed by atoms with E-state index in [9.17, 15) is 0 Å². The molecule has 0 bridgehead atoms. The Bertz CT molecular complexity index is 633. The van der Waals surface area contributed by atoms with Crippen molar-refractivity contribution in [2.45, 2.75) is 80.7 Å². The van der Waals surface area contributed by atoms with Crippen molar-refractivity contribution in [2.24, 2.45) is 0 Å². The monoisotopic (exact) mass is 534 g/mol. The third-order valence-corrected chi connectivity index (χ3v) is 7.88. The summed E-state index contributed by atoms with van der Waals surface area (Å²) >= 11 is 0. The Morgan fingerprint density at radius 2 is 1.39 bits per heavy atom. The molecule has 0 amide bonds. The molecule has 0 aliphatic rings. The Morgan fingerprint density at radius 1 is 0.964 bits per heavy atom. The molecule has 0 unspecified atom stereocenters. The van der Waals surface area contributed by atoms with Crippen LogP contribution in [0.5, 0.6) is 5.75 Å². The molecule has 0 spiro atoms. The maximum atomic E-state index is 6.12. The van der Waals surface area contributed by atoms with Gasteiger partial charge in [-0.05, 0) is 19.6 Å². The van der Waals surface area contributed by atoms with E-state index in [2.05, 4.69) is 86.4 Å². The van der Waals surface area contributed by atoms with E-state index in [1.54, 1.807) is 5.19 Å². The maximum Gasteiger partial charge on any atom is 4.00 e. The van der Waals surface area contributed by atoms with E-state index in [0.29, 0.717) is 0 Å². The van der Waals surface area contributed by atoms with Crippen LogP contribution in [0.4, 0.5) is 0 Å². The van der Waals surface area contributed by atoms with Gasteiger partial charge in [0.05, 0.1) is 0 Å². The zero-order valence-corrected chi connectivity index (χ0v) is 25.7. The van der Waals surface area contributed by atoms with Gasteiger partial charge in [0.2, 0.25) is 8.32 Å². The summed E-state index contributed by atoms with van der Waals surface area (Å²) in [4.78, 5) is 0. The second kappa shape index (κ2) is 13.7. The van der Waals surface area contributed by atoms with Gasteiger partial charge in [0.25, 0.3) is 0 Å². The maximum absolute atomic E-state index is 6.12. The molecule has 0 saturated carbocycles. The van der Waals surface area contributed by atoms with E-state index in [1.165, 1.54) is 33.4 Å². The Kier molecular flexibility index (Phi) is 16.1. The standard InChI is InChI=1S/C12H23OSi2.C10H15.2ClH.Zr/c1-7-10-11(13-15(4,5)6)8-9-12(10)14(2)3;1-6-7(2)9(4)10(5)8(6)3;;;/h8-9,14H,7H2,1-6H3;1-5H3;2*1H;/q2*-1;;;+4/p-2. The van der Waals surface area contributed by atoms with E-state index < -0.39 is 17.1 Å². The van der Waals surface area contributed by atoms with Crippen LogP contribution in [0.2, 0.25) is 32.7 Å². The van der Waals surface area contributed by atoms with Gasteiger partial charge in [0.15, 0.2) is 0 Å². The second-order valence-corrected chi connectivity index (χ2v) is 15.8. The molecule has 0 atom stereocenters. The predicted octanol–water partition coefficient (Wildman–Crippen LogP) is -0.172. The zero-order chi connectivity index (χ0) is 19.5. The summed E-state index contributed by atoms with van der Waals surface area (Å²) in [5.41, 5.74) is 8.81. The van der Waals surface area contributed by atoms with Crippen LogP contribution in [-0.4, -0.2) is 17.1 Å². The van der Waals surface area contributed by atoms with Gasteiger partial charge in [0, 0.05) is 8.80 Å². The van der Waals surface area contributed by atoms with Gasteiger partial charge in [-0.1, -0.05) is 66.8 Å². The van der Waals surface area contributed by atoms with Crippen LogP contribution in [0.25, 0.3) is 0 Å². The van der Waals surface area contributed by atoms with Gasteiger partial charge in [-0.15, -0.1) is 5.56 Å². The average molecular weight is 537 g/mol. The van der Waals surface area contributed by atoms with E-state index in [-0.39, 0.29) is 51.0 Å². The first kappa shape index (κ1) is 33.0. The first-order valence-electron chi connectivity index (χ1n) is 9.57.